The van der Waals surface area contributed by atoms with Crippen molar-refractivity contribution < 1.29 is 0 Å². The number of hydrogen-bond acceptors (Lipinski definition) is 3. The number of guanidine groups is 1. The molecule has 0 N–H and O–H groups in total. The lowest BCUT2D eigenvalue weighted by molar-refractivity contribution is 1.05. The van der Waals surface area contributed by atoms with Crippen molar-refractivity contribution in [1.29, 1.82) is 0 Å². The van der Waals surface area contributed by atoms with Gasteiger partial charge in [0.05, 0.1) is 6.54 Å². The normalized spacial score (nSPS) is 13.6. The minimum absolute atomic E-state index is 0.251. The molecular weight excluding hydrogens is 237 g/mol. The van der Waals surface area contributed by atoms with E-state index in [4.69, 9.17) is 23.2 Å². The quantitative estimate of drug-likeness (QED) is 0.759. The average Bonchev–Trinajstić information content (AvgIpc) is 2.69. The minimum Gasteiger partial charge on any atom is -0.242 e. The van der Waals surface area contributed by atoms with Crippen LogP contribution >= 0.6 is 23.2 Å². The van der Waals surface area contributed by atoms with Gasteiger partial charge in [-0.1, -0.05) is 39.5 Å². The third kappa shape index (κ3) is 2.57. The van der Waals surface area contributed by atoms with Crippen LogP contribution < -0.4 is 0 Å². The van der Waals surface area contributed by atoms with E-state index in [1.165, 1.54) is 0 Å². The zero-order chi connectivity index (χ0) is 10.7. The summed E-state index contributed by atoms with van der Waals surface area (Å²) in [6.07, 6.45) is 0. The molecule has 0 aromatic heterocycles. The van der Waals surface area contributed by atoms with E-state index in [9.17, 15) is 0 Å². The molecule has 0 atom stereocenters. The zero-order valence-electron chi connectivity index (χ0n) is 7.43. The van der Waals surface area contributed by atoms with Gasteiger partial charge in [-0.15, -0.1) is 0 Å². The largest absolute Gasteiger partial charge is 0.287 e. The molecule has 0 saturated heterocycles. The highest BCUT2D eigenvalue weighted by Crippen LogP contribution is 2.21. The van der Waals surface area contributed by atoms with Gasteiger partial charge in [0.15, 0.2) is 0 Å². The zero-order valence-corrected chi connectivity index (χ0v) is 8.94. The summed E-state index contributed by atoms with van der Waals surface area (Å²) in [5.41, 5.74) is 0.853. The van der Waals surface area contributed by atoms with Gasteiger partial charge in [-0.3, -0.25) is 0 Å². The lowest BCUT2D eigenvalue weighted by atomic mass is 10.2. The Morgan fingerprint density at radius 1 is 1.13 bits per heavy atom. The van der Waals surface area contributed by atoms with E-state index in [0.29, 0.717) is 16.6 Å². The van der Waals surface area contributed by atoms with Crippen molar-refractivity contribution in [3.05, 3.63) is 33.8 Å². The van der Waals surface area contributed by atoms with Crippen molar-refractivity contribution in [3.8, 4) is 0 Å². The van der Waals surface area contributed by atoms with Crippen LogP contribution in [-0.4, -0.2) is 5.96 Å². The lowest BCUT2D eigenvalue weighted by Crippen LogP contribution is -1.88. The standard InChI is InChI=1S/C8H5Cl2N5/c9-6-2-1-5(7(10)3-6)4-11-8-12-14-15-13-8/h1-3H,4H2. The molecule has 1 aliphatic rings. The topological polar surface area (TPSA) is 61.8 Å². The second kappa shape index (κ2) is 4.46. The summed E-state index contributed by atoms with van der Waals surface area (Å²) < 4.78 is 0. The molecule has 0 amide bonds. The molecule has 1 aliphatic heterocycles. The molecule has 2 rings (SSSR count). The highest BCUT2D eigenvalue weighted by Gasteiger charge is 2.03. The maximum atomic E-state index is 5.95. The first kappa shape index (κ1) is 10.2. The van der Waals surface area contributed by atoms with Crippen LogP contribution in [0.3, 0.4) is 0 Å². The molecule has 1 heterocycles. The molecule has 0 radical (unpaired) electrons. The van der Waals surface area contributed by atoms with Gasteiger partial charge < -0.3 is 0 Å². The number of benzene rings is 1. The lowest BCUT2D eigenvalue weighted by Gasteiger charge is -2.00. The van der Waals surface area contributed by atoms with E-state index in [2.05, 4.69) is 25.7 Å². The number of nitrogens with zero attached hydrogens (tertiary/aromatic N) is 5. The number of hydrogen-bond donors (Lipinski definition) is 0. The number of rotatable bonds is 2. The van der Waals surface area contributed by atoms with E-state index in [1.54, 1.807) is 18.2 Å². The van der Waals surface area contributed by atoms with Crippen molar-refractivity contribution >= 4 is 29.2 Å². The maximum Gasteiger partial charge on any atom is 0.287 e. The summed E-state index contributed by atoms with van der Waals surface area (Å²) >= 11 is 11.7. The summed E-state index contributed by atoms with van der Waals surface area (Å²) in [5, 5.41) is 14.9. The van der Waals surface area contributed by atoms with E-state index in [-0.39, 0.29) is 5.96 Å². The predicted molar refractivity (Wildman–Crippen MR) is 57.3 cm³/mol. The van der Waals surface area contributed by atoms with Crippen molar-refractivity contribution in [2.24, 2.45) is 25.7 Å². The van der Waals surface area contributed by atoms with Crippen LogP contribution in [0.25, 0.3) is 0 Å². The molecule has 0 unspecified atom stereocenters. The average molecular weight is 242 g/mol. The van der Waals surface area contributed by atoms with Crippen LogP contribution in [0, 0.1) is 0 Å². The first-order valence-corrected chi connectivity index (χ1v) is 4.81. The Balaban J connectivity index is 2.14. The summed E-state index contributed by atoms with van der Waals surface area (Å²) in [7, 11) is 0. The Bertz CT molecular complexity index is 452. The number of halogens is 2. The van der Waals surface area contributed by atoms with Crippen molar-refractivity contribution in [3.63, 3.8) is 0 Å². The highest BCUT2D eigenvalue weighted by molar-refractivity contribution is 6.35. The Kier molecular flexibility index (Phi) is 3.03. The fourth-order valence-electron chi connectivity index (χ4n) is 1.01. The van der Waals surface area contributed by atoms with Crippen LogP contribution in [-0.2, 0) is 6.54 Å². The molecule has 76 valence electrons. The van der Waals surface area contributed by atoms with Crippen LogP contribution in [0.2, 0.25) is 10.0 Å². The first-order chi connectivity index (χ1) is 7.25. The van der Waals surface area contributed by atoms with Crippen LogP contribution in [0.1, 0.15) is 5.56 Å². The van der Waals surface area contributed by atoms with Crippen molar-refractivity contribution in [2.45, 2.75) is 6.54 Å². The number of aliphatic imine (C=N–C) groups is 1. The Hall–Kier alpha value is -1.33. The molecule has 1 aromatic carbocycles. The summed E-state index contributed by atoms with van der Waals surface area (Å²) in [5.74, 6) is 0.251. The molecule has 1 aromatic rings. The van der Waals surface area contributed by atoms with Crippen molar-refractivity contribution in [1.82, 2.24) is 0 Å². The molecule has 0 fully saturated rings. The SMILES string of the molecule is Clc1ccc(CN=C2N=NN=N2)c(Cl)c1. The van der Waals surface area contributed by atoms with E-state index in [0.717, 1.165) is 5.56 Å². The smallest absolute Gasteiger partial charge is 0.242 e. The molecule has 5 nitrogen and oxygen atoms in total. The molecule has 15 heavy (non-hydrogen) atoms. The van der Waals surface area contributed by atoms with Gasteiger partial charge in [-0.25, -0.2) is 4.99 Å². The summed E-state index contributed by atoms with van der Waals surface area (Å²) in [6.45, 7) is 0.378. The van der Waals surface area contributed by atoms with E-state index >= 15 is 0 Å². The van der Waals surface area contributed by atoms with Gasteiger partial charge in [0, 0.05) is 10.0 Å². The fourth-order valence-corrected chi connectivity index (χ4v) is 1.48. The summed E-state index contributed by atoms with van der Waals surface area (Å²) in [6, 6.07) is 5.22. The summed E-state index contributed by atoms with van der Waals surface area (Å²) in [4.78, 5) is 4.05. The van der Waals surface area contributed by atoms with Gasteiger partial charge in [0.25, 0.3) is 5.96 Å². The highest BCUT2D eigenvalue weighted by atomic mass is 35.5. The first-order valence-electron chi connectivity index (χ1n) is 4.06. The van der Waals surface area contributed by atoms with E-state index < -0.39 is 0 Å². The Morgan fingerprint density at radius 2 is 1.87 bits per heavy atom. The molecule has 0 spiro atoms. The van der Waals surface area contributed by atoms with Gasteiger partial charge in [0.2, 0.25) is 0 Å². The monoisotopic (exact) mass is 241 g/mol. The Labute approximate surface area is 95.5 Å². The molecule has 7 heteroatoms. The second-order valence-corrected chi connectivity index (χ2v) is 3.57. The molecule has 0 aliphatic carbocycles. The van der Waals surface area contributed by atoms with Gasteiger partial charge >= 0.3 is 0 Å². The fraction of sp³-hybridized carbons (Fsp3) is 0.125. The van der Waals surface area contributed by atoms with E-state index in [1.807, 2.05) is 0 Å². The van der Waals surface area contributed by atoms with Crippen molar-refractivity contribution in [2.75, 3.05) is 0 Å². The molecular formula is C8H5Cl2N5. The van der Waals surface area contributed by atoms with Crippen LogP contribution in [0.4, 0.5) is 0 Å². The minimum atomic E-state index is 0.251. The van der Waals surface area contributed by atoms with Crippen LogP contribution in [0.5, 0.6) is 0 Å². The third-order valence-corrected chi connectivity index (χ3v) is 2.30. The molecule has 0 saturated carbocycles. The second-order valence-electron chi connectivity index (χ2n) is 2.73. The van der Waals surface area contributed by atoms with Gasteiger partial charge in [-0.2, -0.15) is 0 Å². The predicted octanol–water partition coefficient (Wildman–Crippen LogP) is 3.68. The van der Waals surface area contributed by atoms with Gasteiger partial charge in [-0.05, 0) is 28.1 Å². The Morgan fingerprint density at radius 3 is 2.53 bits per heavy atom. The van der Waals surface area contributed by atoms with Crippen LogP contribution in [0.15, 0.2) is 43.9 Å². The third-order valence-electron chi connectivity index (χ3n) is 1.71. The maximum absolute atomic E-state index is 5.95. The molecule has 0 bridgehead atoms. The van der Waals surface area contributed by atoms with Gasteiger partial charge in [0.1, 0.15) is 0 Å².